The Balaban J connectivity index is 1.65. The number of fused-ring (bicyclic) bond motifs is 1. The molecular formula is C19H13F2N3O2. The highest BCUT2D eigenvalue weighted by Crippen LogP contribution is 2.23. The second kappa shape index (κ2) is 6.11. The van der Waals surface area contributed by atoms with Gasteiger partial charge in [0.05, 0.1) is 6.54 Å². The summed E-state index contributed by atoms with van der Waals surface area (Å²) in [5.41, 5.74) is 1.34. The van der Waals surface area contributed by atoms with Crippen LogP contribution in [0.2, 0.25) is 0 Å². The van der Waals surface area contributed by atoms with Crippen LogP contribution < -0.4 is 5.32 Å². The number of hydrogen-bond donors (Lipinski definition) is 2. The Bertz CT molecular complexity index is 1050. The lowest BCUT2D eigenvalue weighted by atomic mass is 10.1. The van der Waals surface area contributed by atoms with Gasteiger partial charge in [-0.2, -0.15) is 0 Å². The highest BCUT2D eigenvalue weighted by Gasteiger charge is 2.34. The smallest absolute Gasteiger partial charge is 0.329 e. The molecule has 1 fully saturated rings. The molecule has 0 radical (unpaired) electrons. The van der Waals surface area contributed by atoms with E-state index in [1.807, 2.05) is 24.3 Å². The molecule has 0 saturated carbocycles. The van der Waals surface area contributed by atoms with Gasteiger partial charge in [-0.15, -0.1) is 0 Å². The summed E-state index contributed by atoms with van der Waals surface area (Å²) in [6, 6.07) is 10.2. The number of nitrogens with one attached hydrogen (secondary N) is 2. The second-order valence-corrected chi connectivity index (χ2v) is 5.87. The van der Waals surface area contributed by atoms with E-state index in [2.05, 4.69) is 10.3 Å². The zero-order chi connectivity index (χ0) is 18.3. The molecule has 0 bridgehead atoms. The summed E-state index contributed by atoms with van der Waals surface area (Å²) in [7, 11) is 0. The van der Waals surface area contributed by atoms with Gasteiger partial charge < -0.3 is 10.3 Å². The fraction of sp³-hybridized carbons (Fsp3) is 0.0526. The van der Waals surface area contributed by atoms with Crippen molar-refractivity contribution in [3.63, 3.8) is 0 Å². The van der Waals surface area contributed by atoms with Crippen molar-refractivity contribution in [2.45, 2.75) is 6.54 Å². The molecule has 3 aromatic rings. The first kappa shape index (κ1) is 16.0. The maximum atomic E-state index is 13.8. The van der Waals surface area contributed by atoms with Crippen LogP contribution >= 0.6 is 0 Å². The zero-order valence-corrected chi connectivity index (χ0v) is 13.4. The predicted octanol–water partition coefficient (Wildman–Crippen LogP) is 3.54. The Kier molecular flexibility index (Phi) is 3.76. The van der Waals surface area contributed by atoms with Gasteiger partial charge in [0.25, 0.3) is 5.91 Å². The Morgan fingerprint density at radius 2 is 1.73 bits per heavy atom. The van der Waals surface area contributed by atoms with Crippen LogP contribution in [-0.4, -0.2) is 21.8 Å². The molecule has 7 heteroatoms. The number of amides is 3. The summed E-state index contributed by atoms with van der Waals surface area (Å²) in [4.78, 5) is 28.5. The van der Waals surface area contributed by atoms with Crippen molar-refractivity contribution in [1.29, 1.82) is 0 Å². The quantitative estimate of drug-likeness (QED) is 0.559. The minimum atomic E-state index is -0.806. The van der Waals surface area contributed by atoms with Crippen molar-refractivity contribution in [2.24, 2.45) is 0 Å². The Hall–Kier alpha value is -3.48. The number of para-hydroxylation sites is 1. The van der Waals surface area contributed by atoms with E-state index >= 15 is 0 Å². The average Bonchev–Trinajstić information content (AvgIpc) is 3.14. The number of imide groups is 1. The molecule has 0 atom stereocenters. The number of nitrogens with zero attached hydrogens (tertiary/aromatic N) is 1. The number of H-pyrrole nitrogens is 1. The van der Waals surface area contributed by atoms with Crippen LogP contribution in [0.25, 0.3) is 17.0 Å². The van der Waals surface area contributed by atoms with E-state index in [0.29, 0.717) is 0 Å². The number of rotatable bonds is 3. The van der Waals surface area contributed by atoms with Crippen molar-refractivity contribution in [3.8, 4) is 0 Å². The van der Waals surface area contributed by atoms with Gasteiger partial charge in [0, 0.05) is 28.2 Å². The van der Waals surface area contributed by atoms with Crippen molar-refractivity contribution < 1.29 is 18.4 Å². The molecule has 5 nitrogen and oxygen atoms in total. The summed E-state index contributed by atoms with van der Waals surface area (Å²) in [5, 5.41) is 3.35. The van der Waals surface area contributed by atoms with Gasteiger partial charge in [-0.05, 0) is 24.3 Å². The standard InChI is InChI=1S/C19H13F2N3O2/c20-14-5-3-6-15(21)13(14)10-24-18(25)17(23-19(24)26)8-11-9-22-16-7-2-1-4-12(11)16/h1-9,22H,10H2,(H,23,26). The molecule has 2 aromatic carbocycles. The Morgan fingerprint density at radius 1 is 1.00 bits per heavy atom. The van der Waals surface area contributed by atoms with Crippen LogP contribution in [0.15, 0.2) is 54.4 Å². The number of hydrogen-bond acceptors (Lipinski definition) is 2. The average molecular weight is 353 g/mol. The third-order valence-electron chi connectivity index (χ3n) is 4.26. The molecule has 0 aliphatic carbocycles. The molecule has 0 unspecified atom stereocenters. The third-order valence-corrected chi connectivity index (χ3v) is 4.26. The lowest BCUT2D eigenvalue weighted by molar-refractivity contribution is -0.123. The van der Waals surface area contributed by atoms with Gasteiger partial charge >= 0.3 is 6.03 Å². The minimum absolute atomic E-state index is 0.0523. The highest BCUT2D eigenvalue weighted by atomic mass is 19.1. The number of urea groups is 1. The SMILES string of the molecule is O=C1NC(=Cc2c[nH]c3ccccc23)C(=O)N1Cc1c(F)cccc1F. The monoisotopic (exact) mass is 353 g/mol. The molecule has 1 saturated heterocycles. The summed E-state index contributed by atoms with van der Waals surface area (Å²) >= 11 is 0. The van der Waals surface area contributed by atoms with Gasteiger partial charge in [0.15, 0.2) is 0 Å². The molecule has 3 amide bonds. The highest BCUT2D eigenvalue weighted by molar-refractivity contribution is 6.14. The molecule has 2 N–H and O–H groups in total. The third kappa shape index (κ3) is 2.63. The molecule has 4 rings (SSSR count). The van der Waals surface area contributed by atoms with E-state index in [1.165, 1.54) is 12.1 Å². The Labute approximate surface area is 146 Å². The van der Waals surface area contributed by atoms with Gasteiger partial charge in [-0.3, -0.25) is 9.69 Å². The normalized spacial score (nSPS) is 15.9. The predicted molar refractivity (Wildman–Crippen MR) is 91.7 cm³/mol. The van der Waals surface area contributed by atoms with Crippen molar-refractivity contribution in [2.75, 3.05) is 0 Å². The van der Waals surface area contributed by atoms with E-state index in [1.54, 1.807) is 6.20 Å². The summed E-state index contributed by atoms with van der Waals surface area (Å²) in [5.74, 6) is -2.25. The van der Waals surface area contributed by atoms with E-state index in [4.69, 9.17) is 0 Å². The number of halogens is 2. The molecule has 1 aliphatic rings. The number of benzene rings is 2. The first-order chi connectivity index (χ1) is 12.5. The van der Waals surface area contributed by atoms with Gasteiger partial charge in [0.2, 0.25) is 0 Å². The van der Waals surface area contributed by atoms with Gasteiger partial charge in [0.1, 0.15) is 17.3 Å². The first-order valence-electron chi connectivity index (χ1n) is 7.88. The fourth-order valence-electron chi connectivity index (χ4n) is 2.93. The minimum Gasteiger partial charge on any atom is -0.361 e. The molecule has 0 spiro atoms. The Morgan fingerprint density at radius 3 is 2.50 bits per heavy atom. The van der Waals surface area contributed by atoms with Crippen LogP contribution in [0.4, 0.5) is 13.6 Å². The topological polar surface area (TPSA) is 65.2 Å². The summed E-state index contributed by atoms with van der Waals surface area (Å²) in [6.45, 7) is -0.478. The van der Waals surface area contributed by atoms with Crippen LogP contribution in [0, 0.1) is 11.6 Å². The lowest BCUT2D eigenvalue weighted by Gasteiger charge is -2.13. The second-order valence-electron chi connectivity index (χ2n) is 5.87. The molecule has 1 aliphatic heterocycles. The summed E-state index contributed by atoms with van der Waals surface area (Å²) in [6.07, 6.45) is 3.26. The molecule has 26 heavy (non-hydrogen) atoms. The molecule has 1 aromatic heterocycles. The number of aromatic amines is 1. The maximum Gasteiger partial charge on any atom is 0.329 e. The summed E-state index contributed by atoms with van der Waals surface area (Å²) < 4.78 is 27.6. The molecule has 2 heterocycles. The van der Waals surface area contributed by atoms with Crippen LogP contribution in [0.1, 0.15) is 11.1 Å². The van der Waals surface area contributed by atoms with Gasteiger partial charge in [-0.1, -0.05) is 24.3 Å². The van der Waals surface area contributed by atoms with E-state index < -0.39 is 30.1 Å². The van der Waals surface area contributed by atoms with Crippen LogP contribution in [-0.2, 0) is 11.3 Å². The number of aromatic nitrogens is 1. The van der Waals surface area contributed by atoms with Gasteiger partial charge in [-0.25, -0.2) is 13.6 Å². The largest absolute Gasteiger partial charge is 0.361 e. The first-order valence-corrected chi connectivity index (χ1v) is 7.88. The van der Waals surface area contributed by atoms with Crippen molar-refractivity contribution >= 4 is 28.9 Å². The van der Waals surface area contributed by atoms with E-state index in [-0.39, 0.29) is 11.3 Å². The maximum absolute atomic E-state index is 13.8. The molecule has 130 valence electrons. The van der Waals surface area contributed by atoms with Crippen molar-refractivity contribution in [3.05, 3.63) is 77.1 Å². The van der Waals surface area contributed by atoms with E-state index in [9.17, 15) is 18.4 Å². The van der Waals surface area contributed by atoms with Crippen molar-refractivity contribution in [1.82, 2.24) is 15.2 Å². The van der Waals surface area contributed by atoms with Crippen LogP contribution in [0.3, 0.4) is 0 Å². The lowest BCUT2D eigenvalue weighted by Crippen LogP contribution is -2.31. The molecular weight excluding hydrogens is 340 g/mol. The van der Waals surface area contributed by atoms with Crippen LogP contribution in [0.5, 0.6) is 0 Å². The zero-order valence-electron chi connectivity index (χ0n) is 13.4. The number of carbonyl (C=O) groups is 2. The van der Waals surface area contributed by atoms with E-state index in [0.717, 1.165) is 33.5 Å². The number of carbonyl (C=O) groups excluding carboxylic acids is 2. The fourth-order valence-corrected chi connectivity index (χ4v) is 2.93.